The van der Waals surface area contributed by atoms with Crippen molar-refractivity contribution in [2.45, 2.75) is 64.7 Å². The van der Waals surface area contributed by atoms with E-state index >= 15 is 0 Å². The number of nitrogens with one attached hydrogen (secondary N) is 1. The van der Waals surface area contributed by atoms with Crippen LogP contribution in [0.25, 0.3) is 0 Å². The third kappa shape index (κ3) is 2.93. The summed E-state index contributed by atoms with van der Waals surface area (Å²) < 4.78 is 0. The van der Waals surface area contributed by atoms with E-state index in [0.29, 0.717) is 10.8 Å². The zero-order valence-corrected chi connectivity index (χ0v) is 13.8. The quantitative estimate of drug-likeness (QED) is 0.750. The molecule has 0 aliphatic heterocycles. The fourth-order valence-corrected chi connectivity index (χ4v) is 4.67. The van der Waals surface area contributed by atoms with Crippen molar-refractivity contribution in [2.75, 3.05) is 13.6 Å². The molecule has 1 saturated carbocycles. The van der Waals surface area contributed by atoms with Crippen molar-refractivity contribution in [3.05, 3.63) is 35.4 Å². The highest BCUT2D eigenvalue weighted by atomic mass is 14.8. The van der Waals surface area contributed by atoms with Gasteiger partial charge in [-0.1, -0.05) is 56.5 Å². The SMILES string of the molecule is CCCC1(CCC)CC(CNC)(c2cccc(C)c2)C1. The number of likely N-dealkylation sites (N-methyl/N-ethyl adjacent to an activating group) is 1. The van der Waals surface area contributed by atoms with Crippen molar-refractivity contribution in [1.82, 2.24) is 5.32 Å². The van der Waals surface area contributed by atoms with Crippen LogP contribution < -0.4 is 5.32 Å². The standard InChI is InChI=1S/C19H31N/c1-5-10-18(11-6-2)13-19(14-18,15-20-4)17-9-7-8-16(3)12-17/h7-9,12,20H,5-6,10-11,13-15H2,1-4H3. The minimum Gasteiger partial charge on any atom is -0.319 e. The molecule has 1 aromatic rings. The van der Waals surface area contributed by atoms with E-state index < -0.39 is 0 Å². The average Bonchev–Trinajstić information content (AvgIpc) is 2.37. The largest absolute Gasteiger partial charge is 0.319 e. The van der Waals surface area contributed by atoms with Gasteiger partial charge in [0.1, 0.15) is 0 Å². The van der Waals surface area contributed by atoms with E-state index in [9.17, 15) is 0 Å². The molecule has 0 saturated heterocycles. The Kier molecular flexibility index (Phi) is 4.90. The third-order valence-electron chi connectivity index (χ3n) is 5.13. The highest BCUT2D eigenvalue weighted by Gasteiger charge is 2.53. The summed E-state index contributed by atoms with van der Waals surface area (Å²) in [6.45, 7) is 8.00. The first-order valence-electron chi connectivity index (χ1n) is 8.31. The van der Waals surface area contributed by atoms with E-state index in [1.807, 2.05) is 0 Å². The molecule has 20 heavy (non-hydrogen) atoms. The second-order valence-electron chi connectivity index (χ2n) is 7.03. The summed E-state index contributed by atoms with van der Waals surface area (Å²) in [5.41, 5.74) is 3.94. The zero-order valence-electron chi connectivity index (χ0n) is 13.8. The second-order valence-corrected chi connectivity index (χ2v) is 7.03. The molecule has 112 valence electrons. The van der Waals surface area contributed by atoms with Gasteiger partial charge in [-0.05, 0) is 50.6 Å². The Morgan fingerprint density at radius 1 is 1.10 bits per heavy atom. The number of aryl methyl sites for hydroxylation is 1. The third-order valence-corrected chi connectivity index (χ3v) is 5.13. The summed E-state index contributed by atoms with van der Waals surface area (Å²) in [7, 11) is 2.09. The number of rotatable bonds is 7. The molecule has 2 rings (SSSR count). The van der Waals surface area contributed by atoms with Gasteiger partial charge in [-0.2, -0.15) is 0 Å². The predicted octanol–water partition coefficient (Wildman–Crippen LogP) is 4.83. The molecule has 1 aliphatic rings. The molecule has 1 fully saturated rings. The van der Waals surface area contributed by atoms with Crippen molar-refractivity contribution in [2.24, 2.45) is 5.41 Å². The van der Waals surface area contributed by atoms with Crippen LogP contribution in [-0.4, -0.2) is 13.6 Å². The lowest BCUT2D eigenvalue weighted by atomic mass is 9.48. The summed E-state index contributed by atoms with van der Waals surface area (Å²) in [4.78, 5) is 0. The maximum atomic E-state index is 3.45. The molecule has 0 unspecified atom stereocenters. The van der Waals surface area contributed by atoms with Crippen LogP contribution >= 0.6 is 0 Å². The first kappa shape index (κ1) is 15.6. The molecule has 1 N–H and O–H groups in total. The number of hydrogen-bond acceptors (Lipinski definition) is 1. The van der Waals surface area contributed by atoms with Gasteiger partial charge in [0.2, 0.25) is 0 Å². The van der Waals surface area contributed by atoms with Crippen LogP contribution in [0, 0.1) is 12.3 Å². The van der Waals surface area contributed by atoms with Gasteiger partial charge >= 0.3 is 0 Å². The van der Waals surface area contributed by atoms with Gasteiger partial charge in [0.15, 0.2) is 0 Å². The van der Waals surface area contributed by atoms with Crippen molar-refractivity contribution in [3.63, 3.8) is 0 Å². The molecule has 0 atom stereocenters. The Hall–Kier alpha value is -0.820. The van der Waals surface area contributed by atoms with Crippen molar-refractivity contribution in [1.29, 1.82) is 0 Å². The Balaban J connectivity index is 2.22. The monoisotopic (exact) mass is 273 g/mol. The van der Waals surface area contributed by atoms with Crippen LogP contribution in [0.4, 0.5) is 0 Å². The molecule has 1 aliphatic carbocycles. The Morgan fingerprint density at radius 3 is 2.25 bits per heavy atom. The normalized spacial score (nSPS) is 19.6. The van der Waals surface area contributed by atoms with E-state index in [-0.39, 0.29) is 0 Å². The lowest BCUT2D eigenvalue weighted by Gasteiger charge is -2.57. The van der Waals surface area contributed by atoms with Gasteiger partial charge in [0.25, 0.3) is 0 Å². The lowest BCUT2D eigenvalue weighted by Crippen LogP contribution is -2.54. The van der Waals surface area contributed by atoms with Crippen LogP contribution in [0.3, 0.4) is 0 Å². The minimum absolute atomic E-state index is 0.380. The molecule has 1 aromatic carbocycles. The first-order chi connectivity index (χ1) is 9.60. The molecule has 0 spiro atoms. The lowest BCUT2D eigenvalue weighted by molar-refractivity contribution is 0.00386. The molecule has 0 radical (unpaired) electrons. The minimum atomic E-state index is 0.380. The Bertz CT molecular complexity index is 421. The smallest absolute Gasteiger partial charge is 0.00883 e. The maximum Gasteiger partial charge on any atom is 0.00883 e. The van der Waals surface area contributed by atoms with Crippen molar-refractivity contribution >= 4 is 0 Å². The topological polar surface area (TPSA) is 12.0 Å². The Morgan fingerprint density at radius 2 is 1.75 bits per heavy atom. The van der Waals surface area contributed by atoms with Crippen LogP contribution in [0.1, 0.15) is 63.5 Å². The number of benzene rings is 1. The van der Waals surface area contributed by atoms with Crippen LogP contribution in [-0.2, 0) is 5.41 Å². The summed E-state index contributed by atoms with van der Waals surface area (Å²) in [5.74, 6) is 0. The van der Waals surface area contributed by atoms with Gasteiger partial charge in [-0.15, -0.1) is 0 Å². The first-order valence-corrected chi connectivity index (χ1v) is 8.31. The number of hydrogen-bond donors (Lipinski definition) is 1. The Labute approximate surface area is 125 Å². The summed E-state index contributed by atoms with van der Waals surface area (Å²) in [5, 5.41) is 3.45. The molecule has 1 heteroatoms. The summed E-state index contributed by atoms with van der Waals surface area (Å²) >= 11 is 0. The highest BCUT2D eigenvalue weighted by Crippen LogP contribution is 2.60. The van der Waals surface area contributed by atoms with E-state index in [4.69, 9.17) is 0 Å². The average molecular weight is 273 g/mol. The fourth-order valence-electron chi connectivity index (χ4n) is 4.67. The van der Waals surface area contributed by atoms with E-state index in [1.165, 1.54) is 44.1 Å². The van der Waals surface area contributed by atoms with Gasteiger partial charge < -0.3 is 5.32 Å². The zero-order chi connectivity index (χ0) is 14.6. The molecule has 0 bridgehead atoms. The molecule has 1 nitrogen and oxygen atoms in total. The van der Waals surface area contributed by atoms with Gasteiger partial charge in [-0.3, -0.25) is 0 Å². The van der Waals surface area contributed by atoms with E-state index in [0.717, 1.165) is 6.54 Å². The summed E-state index contributed by atoms with van der Waals surface area (Å²) in [6, 6.07) is 9.17. The predicted molar refractivity (Wildman–Crippen MR) is 88.3 cm³/mol. The molecule has 0 amide bonds. The molecular weight excluding hydrogens is 242 g/mol. The van der Waals surface area contributed by atoms with Gasteiger partial charge in [-0.25, -0.2) is 0 Å². The second kappa shape index (κ2) is 6.30. The molecule has 0 heterocycles. The molecule has 0 aromatic heterocycles. The van der Waals surface area contributed by atoms with Crippen LogP contribution in [0.2, 0.25) is 0 Å². The molecular formula is C19H31N. The maximum absolute atomic E-state index is 3.45. The van der Waals surface area contributed by atoms with Crippen LogP contribution in [0.15, 0.2) is 24.3 Å². The highest BCUT2D eigenvalue weighted by molar-refractivity contribution is 5.34. The van der Waals surface area contributed by atoms with Gasteiger partial charge in [0, 0.05) is 12.0 Å². The van der Waals surface area contributed by atoms with E-state index in [1.54, 1.807) is 5.56 Å². The van der Waals surface area contributed by atoms with Crippen LogP contribution in [0.5, 0.6) is 0 Å². The van der Waals surface area contributed by atoms with Crippen molar-refractivity contribution in [3.8, 4) is 0 Å². The van der Waals surface area contributed by atoms with Crippen molar-refractivity contribution < 1.29 is 0 Å². The van der Waals surface area contributed by atoms with E-state index in [2.05, 4.69) is 57.4 Å². The van der Waals surface area contributed by atoms with Gasteiger partial charge in [0.05, 0.1) is 0 Å². The fraction of sp³-hybridized carbons (Fsp3) is 0.684. The summed E-state index contributed by atoms with van der Waals surface area (Å²) in [6.07, 6.45) is 8.18.